The summed E-state index contributed by atoms with van der Waals surface area (Å²) < 4.78 is 0. The summed E-state index contributed by atoms with van der Waals surface area (Å²) in [5.41, 5.74) is 3.07. The highest BCUT2D eigenvalue weighted by Gasteiger charge is 2.14. The fourth-order valence-corrected chi connectivity index (χ4v) is 3.70. The molecule has 0 aliphatic heterocycles. The third-order valence-corrected chi connectivity index (χ3v) is 5.72. The van der Waals surface area contributed by atoms with Crippen molar-refractivity contribution in [1.82, 2.24) is 15.5 Å². The molecular weight excluding hydrogens is 396 g/mol. The van der Waals surface area contributed by atoms with Gasteiger partial charge in [-0.15, -0.1) is 10.2 Å². The Hall–Kier alpha value is -3.06. The number of carbonyl (C=O) groups is 2. The number of amides is 2. The topological polar surface area (TPSA) is 84.0 Å². The van der Waals surface area contributed by atoms with Crippen molar-refractivity contribution in [1.29, 1.82) is 0 Å². The number of hydrogen-bond acceptors (Lipinski definition) is 5. The van der Waals surface area contributed by atoms with E-state index in [1.807, 2.05) is 49.4 Å². The molecule has 0 spiro atoms. The van der Waals surface area contributed by atoms with Gasteiger partial charge in [-0.05, 0) is 37.0 Å². The molecule has 6 nitrogen and oxygen atoms in total. The zero-order valence-electron chi connectivity index (χ0n) is 17.2. The van der Waals surface area contributed by atoms with E-state index >= 15 is 0 Å². The van der Waals surface area contributed by atoms with Crippen LogP contribution >= 0.6 is 11.3 Å². The average Bonchev–Trinajstić information content (AvgIpc) is 3.23. The molecule has 1 heterocycles. The molecule has 0 unspecified atom stereocenters. The fourth-order valence-electron chi connectivity index (χ4n) is 2.92. The van der Waals surface area contributed by atoms with E-state index in [0.29, 0.717) is 30.8 Å². The number of hydrogen-bond donors (Lipinski definition) is 2. The number of rotatable bonds is 9. The predicted octanol–water partition coefficient (Wildman–Crippen LogP) is 4.34. The normalized spacial score (nSPS) is 11.7. The number of benzene rings is 2. The van der Waals surface area contributed by atoms with Gasteiger partial charge in [-0.3, -0.25) is 9.59 Å². The van der Waals surface area contributed by atoms with Crippen LogP contribution in [0.15, 0.2) is 54.6 Å². The highest BCUT2D eigenvalue weighted by atomic mass is 32.1. The standard InChI is InChI=1S/C23H26N4O2S/c1-16-11-13-19(14-12-16)25-22(29)23-27-26-21(30-23)10-6-9-20(28)24-15-17(2)18-7-4-3-5-8-18/h3-5,7-8,11-14,17H,6,9-10,15H2,1-2H3,(H,24,28)(H,25,29)/t17-/m0/s1. The molecule has 1 aromatic heterocycles. The van der Waals surface area contributed by atoms with Crippen LogP contribution in [0.4, 0.5) is 5.69 Å². The van der Waals surface area contributed by atoms with Gasteiger partial charge in [0.15, 0.2) is 0 Å². The lowest BCUT2D eigenvalue weighted by Crippen LogP contribution is -2.27. The van der Waals surface area contributed by atoms with Gasteiger partial charge in [-0.25, -0.2) is 0 Å². The second-order valence-electron chi connectivity index (χ2n) is 7.29. The second-order valence-corrected chi connectivity index (χ2v) is 8.35. The quantitative estimate of drug-likeness (QED) is 0.537. The van der Waals surface area contributed by atoms with Crippen LogP contribution in [-0.2, 0) is 11.2 Å². The van der Waals surface area contributed by atoms with E-state index in [1.54, 1.807) is 0 Å². The van der Waals surface area contributed by atoms with Crippen LogP contribution in [0.1, 0.15) is 51.6 Å². The number of nitrogens with one attached hydrogen (secondary N) is 2. The molecule has 2 aromatic carbocycles. The fraction of sp³-hybridized carbons (Fsp3) is 0.304. The minimum Gasteiger partial charge on any atom is -0.356 e. The molecule has 0 bridgehead atoms. The van der Waals surface area contributed by atoms with Crippen LogP contribution in [0, 0.1) is 6.92 Å². The van der Waals surface area contributed by atoms with Crippen LogP contribution in [0.3, 0.4) is 0 Å². The number of aryl methyl sites for hydroxylation is 2. The Morgan fingerprint density at radius 2 is 1.77 bits per heavy atom. The molecule has 3 aromatic rings. The van der Waals surface area contributed by atoms with Crippen LogP contribution in [0.2, 0.25) is 0 Å². The van der Waals surface area contributed by atoms with Crippen LogP contribution < -0.4 is 10.6 Å². The Kier molecular flexibility index (Phi) is 7.68. The Labute approximate surface area is 180 Å². The van der Waals surface area contributed by atoms with E-state index in [-0.39, 0.29) is 17.7 Å². The zero-order chi connectivity index (χ0) is 21.3. The largest absolute Gasteiger partial charge is 0.356 e. The molecule has 30 heavy (non-hydrogen) atoms. The minimum atomic E-state index is -0.268. The maximum absolute atomic E-state index is 12.3. The number of carbonyl (C=O) groups excluding carboxylic acids is 2. The maximum Gasteiger partial charge on any atom is 0.286 e. The minimum absolute atomic E-state index is 0.0274. The summed E-state index contributed by atoms with van der Waals surface area (Å²) in [5.74, 6) is 0.0304. The van der Waals surface area contributed by atoms with Gasteiger partial charge >= 0.3 is 0 Å². The molecule has 0 aliphatic carbocycles. The van der Waals surface area contributed by atoms with Crippen molar-refractivity contribution in [2.75, 3.05) is 11.9 Å². The van der Waals surface area contributed by atoms with E-state index in [2.05, 4.69) is 39.9 Å². The summed E-state index contributed by atoms with van der Waals surface area (Å²) in [6.07, 6.45) is 1.71. The average molecular weight is 423 g/mol. The third kappa shape index (κ3) is 6.49. The lowest BCUT2D eigenvalue weighted by Gasteiger charge is -2.12. The molecule has 2 amide bonds. The monoisotopic (exact) mass is 422 g/mol. The van der Waals surface area contributed by atoms with Gasteiger partial charge in [0.25, 0.3) is 5.91 Å². The van der Waals surface area contributed by atoms with Crippen LogP contribution in [0.5, 0.6) is 0 Å². The summed E-state index contributed by atoms with van der Waals surface area (Å²) in [7, 11) is 0. The summed E-state index contributed by atoms with van der Waals surface area (Å²) in [6, 6.07) is 17.7. The summed E-state index contributed by atoms with van der Waals surface area (Å²) in [4.78, 5) is 24.4. The van der Waals surface area contributed by atoms with Crippen LogP contribution in [0.25, 0.3) is 0 Å². The van der Waals surface area contributed by atoms with Crippen molar-refractivity contribution in [3.8, 4) is 0 Å². The van der Waals surface area contributed by atoms with Crippen LogP contribution in [-0.4, -0.2) is 28.6 Å². The van der Waals surface area contributed by atoms with Crippen molar-refractivity contribution in [3.05, 3.63) is 75.7 Å². The first-order chi connectivity index (χ1) is 14.5. The van der Waals surface area contributed by atoms with Crippen molar-refractivity contribution in [2.24, 2.45) is 0 Å². The number of anilines is 1. The lowest BCUT2D eigenvalue weighted by atomic mass is 10.0. The summed E-state index contributed by atoms with van der Waals surface area (Å²) in [5, 5.41) is 14.9. The van der Waals surface area contributed by atoms with Gasteiger partial charge in [-0.2, -0.15) is 0 Å². The van der Waals surface area contributed by atoms with Crippen molar-refractivity contribution in [3.63, 3.8) is 0 Å². The Balaban J connectivity index is 1.39. The summed E-state index contributed by atoms with van der Waals surface area (Å²) in [6.45, 7) is 4.71. The first-order valence-electron chi connectivity index (χ1n) is 10.0. The van der Waals surface area contributed by atoms with Crippen molar-refractivity contribution >= 4 is 28.8 Å². The highest BCUT2D eigenvalue weighted by Crippen LogP contribution is 2.16. The highest BCUT2D eigenvalue weighted by molar-refractivity contribution is 7.13. The van der Waals surface area contributed by atoms with Gasteiger partial charge in [0.05, 0.1) is 0 Å². The molecule has 0 fully saturated rings. The third-order valence-electron chi connectivity index (χ3n) is 4.74. The molecule has 0 saturated heterocycles. The summed E-state index contributed by atoms with van der Waals surface area (Å²) >= 11 is 1.26. The predicted molar refractivity (Wildman–Crippen MR) is 120 cm³/mol. The van der Waals surface area contributed by atoms with E-state index < -0.39 is 0 Å². The molecule has 3 rings (SSSR count). The molecule has 7 heteroatoms. The van der Waals surface area contributed by atoms with Gasteiger partial charge < -0.3 is 10.6 Å². The lowest BCUT2D eigenvalue weighted by molar-refractivity contribution is -0.121. The Morgan fingerprint density at radius 3 is 2.50 bits per heavy atom. The molecule has 0 radical (unpaired) electrons. The van der Waals surface area contributed by atoms with Gasteiger partial charge in [-0.1, -0.05) is 66.3 Å². The second kappa shape index (κ2) is 10.6. The van der Waals surface area contributed by atoms with Gasteiger partial charge in [0.2, 0.25) is 10.9 Å². The first kappa shape index (κ1) is 21.6. The van der Waals surface area contributed by atoms with E-state index in [4.69, 9.17) is 0 Å². The SMILES string of the molecule is Cc1ccc(NC(=O)c2nnc(CCCC(=O)NC[C@H](C)c3ccccc3)s2)cc1. The van der Waals surface area contributed by atoms with E-state index in [9.17, 15) is 9.59 Å². The molecule has 156 valence electrons. The van der Waals surface area contributed by atoms with Gasteiger partial charge in [0, 0.05) is 25.1 Å². The molecule has 0 aliphatic rings. The van der Waals surface area contributed by atoms with E-state index in [0.717, 1.165) is 16.3 Å². The zero-order valence-corrected chi connectivity index (χ0v) is 18.0. The molecule has 1 atom stereocenters. The number of aromatic nitrogens is 2. The maximum atomic E-state index is 12.3. The molecule has 0 saturated carbocycles. The smallest absolute Gasteiger partial charge is 0.286 e. The Morgan fingerprint density at radius 1 is 1.03 bits per heavy atom. The van der Waals surface area contributed by atoms with Crippen molar-refractivity contribution in [2.45, 2.75) is 39.0 Å². The molecular formula is C23H26N4O2S. The van der Waals surface area contributed by atoms with Crippen molar-refractivity contribution < 1.29 is 9.59 Å². The van der Waals surface area contributed by atoms with Gasteiger partial charge in [0.1, 0.15) is 5.01 Å². The van der Waals surface area contributed by atoms with E-state index in [1.165, 1.54) is 16.9 Å². The first-order valence-corrected chi connectivity index (χ1v) is 10.8. The number of nitrogens with zero attached hydrogens (tertiary/aromatic N) is 2. The molecule has 2 N–H and O–H groups in total. The Bertz CT molecular complexity index is 970.